The quantitative estimate of drug-likeness (QED) is 0.242. The molecule has 8 nitrogen and oxygen atoms in total. The molecule has 0 aliphatic carbocycles. The SMILES string of the molecule is CCCCN(C)SCOc1nc2c(c(N3CCN[C@@H](CC#N)C3)n1)CCCN(c1cccc3cccc(Cl)c13)C2. The van der Waals surface area contributed by atoms with E-state index >= 15 is 0 Å². The number of anilines is 2. The lowest BCUT2D eigenvalue weighted by molar-refractivity contribution is 0.351. The van der Waals surface area contributed by atoms with Crippen LogP contribution in [0.3, 0.4) is 0 Å². The van der Waals surface area contributed by atoms with Gasteiger partial charge in [0.2, 0.25) is 0 Å². The maximum absolute atomic E-state index is 9.30. The summed E-state index contributed by atoms with van der Waals surface area (Å²) >= 11 is 8.36. The number of nitriles is 1. The second kappa shape index (κ2) is 13.7. The zero-order valence-corrected chi connectivity index (χ0v) is 25.0. The number of nitrogens with zero attached hydrogens (tertiary/aromatic N) is 6. The molecule has 0 unspecified atom stereocenters. The van der Waals surface area contributed by atoms with Crippen LogP contribution in [0.15, 0.2) is 36.4 Å². The van der Waals surface area contributed by atoms with Crippen LogP contribution in [0.2, 0.25) is 5.02 Å². The second-order valence-electron chi connectivity index (χ2n) is 10.5. The highest BCUT2D eigenvalue weighted by Gasteiger charge is 2.28. The minimum Gasteiger partial charge on any atom is -0.451 e. The summed E-state index contributed by atoms with van der Waals surface area (Å²) in [5.74, 6) is 1.41. The lowest BCUT2D eigenvalue weighted by Crippen LogP contribution is -2.51. The lowest BCUT2D eigenvalue weighted by Gasteiger charge is -2.35. The van der Waals surface area contributed by atoms with Crippen LogP contribution in [0.1, 0.15) is 43.9 Å². The van der Waals surface area contributed by atoms with Gasteiger partial charge in [0.15, 0.2) is 5.94 Å². The Morgan fingerprint density at radius 3 is 2.88 bits per heavy atom. The van der Waals surface area contributed by atoms with E-state index in [2.05, 4.69) is 63.7 Å². The van der Waals surface area contributed by atoms with Crippen molar-refractivity contribution in [3.05, 3.63) is 52.7 Å². The first-order valence-electron chi connectivity index (χ1n) is 14.2. The van der Waals surface area contributed by atoms with Crippen LogP contribution >= 0.6 is 23.5 Å². The van der Waals surface area contributed by atoms with Crippen molar-refractivity contribution in [1.82, 2.24) is 19.6 Å². The minimum atomic E-state index is 0.122. The molecule has 3 aromatic rings. The van der Waals surface area contributed by atoms with Crippen molar-refractivity contribution < 1.29 is 4.74 Å². The molecule has 0 spiro atoms. The molecule has 3 heterocycles. The van der Waals surface area contributed by atoms with E-state index in [1.165, 1.54) is 12.0 Å². The van der Waals surface area contributed by atoms with Gasteiger partial charge >= 0.3 is 6.01 Å². The van der Waals surface area contributed by atoms with Gasteiger partial charge in [-0.15, -0.1) is 0 Å². The van der Waals surface area contributed by atoms with E-state index in [0.717, 1.165) is 85.0 Å². The van der Waals surface area contributed by atoms with Crippen molar-refractivity contribution in [1.29, 1.82) is 5.26 Å². The first-order valence-corrected chi connectivity index (χ1v) is 15.5. The van der Waals surface area contributed by atoms with Gasteiger partial charge in [-0.3, -0.25) is 4.31 Å². The van der Waals surface area contributed by atoms with Crippen molar-refractivity contribution >= 4 is 45.8 Å². The Morgan fingerprint density at radius 2 is 2.05 bits per heavy atom. The summed E-state index contributed by atoms with van der Waals surface area (Å²) in [4.78, 5) is 14.7. The van der Waals surface area contributed by atoms with Crippen molar-refractivity contribution in [3.63, 3.8) is 0 Å². The number of benzene rings is 2. The van der Waals surface area contributed by atoms with Gasteiger partial charge < -0.3 is 19.9 Å². The molecule has 0 saturated carbocycles. The smallest absolute Gasteiger partial charge is 0.319 e. The maximum Gasteiger partial charge on any atom is 0.319 e. The number of piperazine rings is 1. The van der Waals surface area contributed by atoms with Crippen LogP contribution in [0.5, 0.6) is 6.01 Å². The molecule has 2 aliphatic rings. The van der Waals surface area contributed by atoms with E-state index in [9.17, 15) is 5.26 Å². The van der Waals surface area contributed by atoms with E-state index in [4.69, 9.17) is 26.3 Å². The lowest BCUT2D eigenvalue weighted by atomic mass is 10.1. The number of halogens is 1. The molecule has 40 heavy (non-hydrogen) atoms. The van der Waals surface area contributed by atoms with Gasteiger partial charge in [-0.2, -0.15) is 15.2 Å². The standard InChI is InChI=1S/C30H38ClN7OS/c1-3-4-16-36(2)40-21-39-30-34-26-20-37(27-12-6-9-22-8-5-11-25(31)28(22)27)17-7-10-24(26)29(35-30)38-18-15-33-23(19-38)13-14-32/h5-6,8-9,11-12,23,33H,3-4,7,10,13,15-21H2,1-2H3/t23-/m0/s1. The molecule has 1 saturated heterocycles. The van der Waals surface area contributed by atoms with Gasteiger partial charge in [-0.05, 0) is 55.8 Å². The number of hydrogen-bond acceptors (Lipinski definition) is 9. The number of unbranched alkanes of at least 4 members (excludes halogenated alkanes) is 1. The maximum atomic E-state index is 9.30. The van der Waals surface area contributed by atoms with Gasteiger partial charge in [0, 0.05) is 55.4 Å². The summed E-state index contributed by atoms with van der Waals surface area (Å²) in [7, 11) is 2.09. The van der Waals surface area contributed by atoms with Crippen LogP contribution in [-0.2, 0) is 13.0 Å². The number of rotatable bonds is 10. The molecule has 10 heteroatoms. The fourth-order valence-electron chi connectivity index (χ4n) is 5.54. The predicted molar refractivity (Wildman–Crippen MR) is 165 cm³/mol. The van der Waals surface area contributed by atoms with E-state index in [1.54, 1.807) is 11.9 Å². The van der Waals surface area contributed by atoms with Gasteiger partial charge in [0.05, 0.1) is 29.8 Å². The van der Waals surface area contributed by atoms with E-state index < -0.39 is 0 Å². The fraction of sp³-hybridized carbons (Fsp3) is 0.500. The van der Waals surface area contributed by atoms with Crippen molar-refractivity contribution in [2.24, 2.45) is 0 Å². The third-order valence-electron chi connectivity index (χ3n) is 7.60. The third-order valence-corrected chi connectivity index (χ3v) is 8.76. The Balaban J connectivity index is 1.46. The van der Waals surface area contributed by atoms with Gasteiger partial charge in [-0.1, -0.05) is 49.2 Å². The zero-order valence-electron chi connectivity index (χ0n) is 23.4. The summed E-state index contributed by atoms with van der Waals surface area (Å²) in [6.07, 6.45) is 4.67. The molecule has 2 aromatic carbocycles. The minimum absolute atomic E-state index is 0.122. The first-order chi connectivity index (χ1) is 19.6. The zero-order chi connectivity index (χ0) is 27.9. The van der Waals surface area contributed by atoms with Crippen LogP contribution in [0.4, 0.5) is 11.5 Å². The first kappa shape index (κ1) is 28.7. The number of hydrogen-bond donors (Lipinski definition) is 1. The average molecular weight is 580 g/mol. The second-order valence-corrected chi connectivity index (χ2v) is 12.0. The number of aromatic nitrogens is 2. The highest BCUT2D eigenvalue weighted by atomic mass is 35.5. The molecular formula is C30H38ClN7OS. The van der Waals surface area contributed by atoms with Crippen LogP contribution in [-0.4, -0.2) is 66.0 Å². The van der Waals surface area contributed by atoms with Crippen molar-refractivity contribution in [2.45, 2.75) is 51.6 Å². The number of fused-ring (bicyclic) bond motifs is 2. The Hall–Kier alpha value is -2.77. The number of nitrogens with one attached hydrogen (secondary N) is 1. The molecule has 2 aliphatic heterocycles. The molecule has 1 fully saturated rings. The molecule has 1 aromatic heterocycles. The number of ether oxygens (including phenoxy) is 1. The molecule has 212 valence electrons. The van der Waals surface area contributed by atoms with E-state index in [-0.39, 0.29) is 6.04 Å². The molecule has 1 N–H and O–H groups in total. The van der Waals surface area contributed by atoms with Crippen LogP contribution in [0.25, 0.3) is 10.8 Å². The summed E-state index contributed by atoms with van der Waals surface area (Å²) in [5, 5.41) is 15.7. The van der Waals surface area contributed by atoms with Gasteiger partial charge in [0.25, 0.3) is 0 Å². The monoisotopic (exact) mass is 579 g/mol. The Morgan fingerprint density at radius 1 is 1.20 bits per heavy atom. The Labute approximate surface area is 246 Å². The Kier molecular flexibility index (Phi) is 9.87. The molecular weight excluding hydrogens is 542 g/mol. The highest BCUT2D eigenvalue weighted by Crippen LogP contribution is 2.36. The van der Waals surface area contributed by atoms with Crippen molar-refractivity contribution in [3.8, 4) is 12.1 Å². The average Bonchev–Trinajstić information content (AvgIpc) is 3.18. The molecule has 0 amide bonds. The summed E-state index contributed by atoms with van der Waals surface area (Å²) in [6.45, 7) is 7.17. The van der Waals surface area contributed by atoms with E-state index in [0.29, 0.717) is 24.9 Å². The fourth-order valence-corrected chi connectivity index (χ4v) is 6.41. The Bertz CT molecular complexity index is 1340. The van der Waals surface area contributed by atoms with E-state index in [1.807, 2.05) is 12.1 Å². The third kappa shape index (κ3) is 6.74. The molecule has 0 radical (unpaired) electrons. The molecule has 1 atom stereocenters. The predicted octanol–water partition coefficient (Wildman–Crippen LogP) is 5.64. The topological polar surface area (TPSA) is 80.5 Å². The summed E-state index contributed by atoms with van der Waals surface area (Å²) < 4.78 is 8.38. The summed E-state index contributed by atoms with van der Waals surface area (Å²) in [6, 6.07) is 15.3. The molecule has 5 rings (SSSR count). The normalized spacial score (nSPS) is 17.5. The van der Waals surface area contributed by atoms with Gasteiger partial charge in [0.1, 0.15) is 5.82 Å². The van der Waals surface area contributed by atoms with Crippen LogP contribution < -0.4 is 19.9 Å². The van der Waals surface area contributed by atoms with Gasteiger partial charge in [-0.25, -0.2) is 0 Å². The highest BCUT2D eigenvalue weighted by molar-refractivity contribution is 7.96. The molecule has 0 bridgehead atoms. The van der Waals surface area contributed by atoms with Crippen molar-refractivity contribution in [2.75, 3.05) is 55.5 Å². The summed E-state index contributed by atoms with van der Waals surface area (Å²) in [5.41, 5.74) is 3.32. The van der Waals surface area contributed by atoms with Crippen LogP contribution in [0, 0.1) is 11.3 Å². The largest absolute Gasteiger partial charge is 0.451 e.